The van der Waals surface area contributed by atoms with Crippen molar-refractivity contribution < 1.29 is 19.5 Å². The van der Waals surface area contributed by atoms with Crippen LogP contribution in [-0.4, -0.2) is 46.2 Å². The molecule has 0 saturated carbocycles. The number of carbonyl (C=O) groups is 3. The summed E-state index contributed by atoms with van der Waals surface area (Å²) in [5, 5.41) is 9.92. The Morgan fingerprint density at radius 3 is 2.56 bits per heavy atom. The third kappa shape index (κ3) is 5.49. The molecular weight excluding hydrogens is 318 g/mol. The number of benzene rings is 1. The topological polar surface area (TPSA) is 74.7 Å². The number of aliphatic hydroxyl groups is 1. The van der Waals surface area contributed by atoms with Crippen LogP contribution < -0.4 is 0 Å². The molecule has 1 heterocycles. The lowest BCUT2D eigenvalue weighted by Gasteiger charge is -2.26. The second kappa shape index (κ2) is 8.90. The van der Waals surface area contributed by atoms with Crippen LogP contribution in [0.5, 0.6) is 0 Å². The van der Waals surface area contributed by atoms with E-state index >= 15 is 0 Å². The maximum atomic E-state index is 12.6. The largest absolute Gasteiger partial charge is 0.391 e. The number of ketones is 2. The van der Waals surface area contributed by atoms with E-state index in [0.29, 0.717) is 12.8 Å². The molecule has 25 heavy (non-hydrogen) atoms. The number of carbonyl (C=O) groups excluding carboxylic acids is 3. The summed E-state index contributed by atoms with van der Waals surface area (Å²) < 4.78 is 0. The van der Waals surface area contributed by atoms with E-state index in [1.165, 1.54) is 17.4 Å². The lowest BCUT2D eigenvalue weighted by molar-refractivity contribution is -0.141. The summed E-state index contributed by atoms with van der Waals surface area (Å²) >= 11 is 0. The number of Topliss-reactive ketones (excluding diaryl/α,β-unsaturated/α-hetero) is 2. The predicted octanol–water partition coefficient (Wildman–Crippen LogP) is 2.16. The number of aryl methyl sites for hydroxylation is 1. The number of hydrogen-bond donors (Lipinski definition) is 1. The molecule has 3 atom stereocenters. The second-order valence-corrected chi connectivity index (χ2v) is 7.01. The van der Waals surface area contributed by atoms with Crippen molar-refractivity contribution in [3.8, 4) is 0 Å². The second-order valence-electron chi connectivity index (χ2n) is 7.01. The van der Waals surface area contributed by atoms with Crippen molar-refractivity contribution >= 4 is 17.5 Å². The van der Waals surface area contributed by atoms with Crippen LogP contribution in [0.1, 0.15) is 45.1 Å². The molecule has 1 amide bonds. The highest BCUT2D eigenvalue weighted by Crippen LogP contribution is 2.24. The number of aliphatic hydroxyl groups excluding tert-OH is 1. The number of β-amino-alcohol motifs (C(OH)–C–C–N with tert-alkyl or cyclic N) is 1. The maximum Gasteiger partial charge on any atom is 0.226 e. The van der Waals surface area contributed by atoms with Gasteiger partial charge in [-0.3, -0.25) is 9.59 Å². The summed E-state index contributed by atoms with van der Waals surface area (Å²) in [4.78, 5) is 37.8. The maximum absolute atomic E-state index is 12.6. The van der Waals surface area contributed by atoms with Crippen LogP contribution in [0, 0.1) is 5.92 Å². The lowest BCUT2D eigenvalue weighted by Crippen LogP contribution is -2.43. The van der Waals surface area contributed by atoms with Crippen LogP contribution in [0.25, 0.3) is 0 Å². The van der Waals surface area contributed by atoms with E-state index in [4.69, 9.17) is 0 Å². The highest BCUT2D eigenvalue weighted by Gasteiger charge is 2.39. The van der Waals surface area contributed by atoms with E-state index in [1.807, 2.05) is 30.3 Å². The molecule has 1 saturated heterocycles. The molecule has 136 valence electrons. The fraction of sp³-hybridized carbons (Fsp3) is 0.550. The van der Waals surface area contributed by atoms with E-state index in [-0.39, 0.29) is 30.4 Å². The van der Waals surface area contributed by atoms with Gasteiger partial charge in [0.1, 0.15) is 5.78 Å². The van der Waals surface area contributed by atoms with Gasteiger partial charge in [0.25, 0.3) is 0 Å². The summed E-state index contributed by atoms with van der Waals surface area (Å²) in [6.07, 6.45) is 1.72. The first-order valence-electron chi connectivity index (χ1n) is 8.93. The third-order valence-electron chi connectivity index (χ3n) is 4.68. The predicted molar refractivity (Wildman–Crippen MR) is 95.0 cm³/mol. The average Bonchev–Trinajstić information content (AvgIpc) is 2.96. The van der Waals surface area contributed by atoms with Gasteiger partial charge >= 0.3 is 0 Å². The fourth-order valence-electron chi connectivity index (χ4n) is 3.44. The van der Waals surface area contributed by atoms with E-state index in [0.717, 1.165) is 12.8 Å². The van der Waals surface area contributed by atoms with E-state index in [9.17, 15) is 19.5 Å². The standard InChI is InChI=1S/C20H27NO4/c1-14(11-15(2)22)20(25)21-13-17(23)12-18(21)19(24)10-6-9-16-7-4-3-5-8-16/h3-5,7-8,14,17-18,23H,6,9-13H2,1-2H3/t14-,17-,18+/m1/s1. The molecule has 2 rings (SSSR count). The number of likely N-dealkylation sites (tertiary alicyclic amines) is 1. The number of nitrogens with zero attached hydrogens (tertiary/aromatic N) is 1. The minimum Gasteiger partial charge on any atom is -0.391 e. The Kier molecular flexibility index (Phi) is 6.88. The van der Waals surface area contributed by atoms with Crippen molar-refractivity contribution in [3.05, 3.63) is 35.9 Å². The normalized spacial score (nSPS) is 21.2. The van der Waals surface area contributed by atoms with Gasteiger partial charge in [0.05, 0.1) is 12.1 Å². The van der Waals surface area contributed by atoms with Gasteiger partial charge in [-0.05, 0) is 25.3 Å². The van der Waals surface area contributed by atoms with Crippen molar-refractivity contribution in [1.29, 1.82) is 0 Å². The molecule has 1 aliphatic rings. The van der Waals surface area contributed by atoms with Gasteiger partial charge in [-0.1, -0.05) is 37.3 Å². The van der Waals surface area contributed by atoms with Crippen LogP contribution in [0.3, 0.4) is 0 Å². The molecule has 0 bridgehead atoms. The zero-order valence-corrected chi connectivity index (χ0v) is 15.0. The molecule has 5 heteroatoms. The van der Waals surface area contributed by atoms with Gasteiger partial charge in [0.2, 0.25) is 5.91 Å². The highest BCUT2D eigenvalue weighted by atomic mass is 16.3. The quantitative estimate of drug-likeness (QED) is 0.783. The van der Waals surface area contributed by atoms with Crippen molar-refractivity contribution in [2.24, 2.45) is 5.92 Å². The highest BCUT2D eigenvalue weighted by molar-refractivity contribution is 5.92. The molecule has 1 aromatic carbocycles. The number of hydrogen-bond acceptors (Lipinski definition) is 4. The van der Waals surface area contributed by atoms with Gasteiger partial charge < -0.3 is 14.8 Å². The monoisotopic (exact) mass is 345 g/mol. The van der Waals surface area contributed by atoms with Crippen LogP contribution in [0.4, 0.5) is 0 Å². The van der Waals surface area contributed by atoms with Gasteiger partial charge in [-0.15, -0.1) is 0 Å². The summed E-state index contributed by atoms with van der Waals surface area (Å²) in [5.74, 6) is -0.724. The molecule has 0 radical (unpaired) electrons. The van der Waals surface area contributed by atoms with Crippen molar-refractivity contribution in [2.45, 2.75) is 58.1 Å². The molecule has 1 aromatic rings. The molecule has 0 unspecified atom stereocenters. The summed E-state index contributed by atoms with van der Waals surface area (Å²) in [6.45, 7) is 3.33. The molecule has 1 aliphatic heterocycles. The van der Waals surface area contributed by atoms with Crippen LogP contribution >= 0.6 is 0 Å². The van der Waals surface area contributed by atoms with E-state index < -0.39 is 18.1 Å². The Morgan fingerprint density at radius 2 is 1.92 bits per heavy atom. The zero-order chi connectivity index (χ0) is 18.4. The van der Waals surface area contributed by atoms with Gasteiger partial charge in [0.15, 0.2) is 5.78 Å². The molecule has 5 nitrogen and oxygen atoms in total. The van der Waals surface area contributed by atoms with Crippen molar-refractivity contribution in [1.82, 2.24) is 4.90 Å². The fourth-order valence-corrected chi connectivity index (χ4v) is 3.44. The Hall–Kier alpha value is -2.01. The Balaban J connectivity index is 1.92. The Labute approximate surface area is 149 Å². The molecule has 0 aromatic heterocycles. The van der Waals surface area contributed by atoms with Crippen LogP contribution in [0.15, 0.2) is 30.3 Å². The molecule has 0 aliphatic carbocycles. The summed E-state index contributed by atoms with van der Waals surface area (Å²) in [7, 11) is 0. The zero-order valence-electron chi connectivity index (χ0n) is 15.0. The molecule has 1 fully saturated rings. The lowest BCUT2D eigenvalue weighted by atomic mass is 9.99. The smallest absolute Gasteiger partial charge is 0.226 e. The van der Waals surface area contributed by atoms with E-state index in [2.05, 4.69) is 0 Å². The van der Waals surface area contributed by atoms with Crippen LogP contribution in [-0.2, 0) is 20.8 Å². The minimum atomic E-state index is -0.670. The van der Waals surface area contributed by atoms with Gasteiger partial charge in [0, 0.05) is 31.7 Å². The minimum absolute atomic E-state index is 0.00384. The van der Waals surface area contributed by atoms with Crippen molar-refractivity contribution in [2.75, 3.05) is 6.54 Å². The third-order valence-corrected chi connectivity index (χ3v) is 4.68. The molecular formula is C20H27NO4. The van der Waals surface area contributed by atoms with Gasteiger partial charge in [-0.25, -0.2) is 0 Å². The molecule has 1 N–H and O–H groups in total. The Bertz CT molecular complexity index is 613. The Morgan fingerprint density at radius 1 is 1.24 bits per heavy atom. The van der Waals surface area contributed by atoms with E-state index in [1.54, 1.807) is 6.92 Å². The first kappa shape index (κ1) is 19.3. The summed E-state index contributed by atoms with van der Waals surface area (Å²) in [6, 6.07) is 9.40. The summed E-state index contributed by atoms with van der Waals surface area (Å²) in [5.41, 5.74) is 1.18. The SMILES string of the molecule is CC(=O)C[C@@H](C)C(=O)N1C[C@H](O)C[C@H]1C(=O)CCCc1ccccc1. The van der Waals surface area contributed by atoms with Crippen molar-refractivity contribution in [3.63, 3.8) is 0 Å². The van der Waals surface area contributed by atoms with Gasteiger partial charge in [-0.2, -0.15) is 0 Å². The first-order valence-corrected chi connectivity index (χ1v) is 8.93. The molecule has 0 spiro atoms. The average molecular weight is 345 g/mol. The number of rotatable bonds is 8. The number of amides is 1. The first-order chi connectivity index (χ1) is 11.9. The van der Waals surface area contributed by atoms with Crippen LogP contribution in [0.2, 0.25) is 0 Å².